The van der Waals surface area contributed by atoms with Crippen molar-refractivity contribution >= 4 is 11.7 Å². The van der Waals surface area contributed by atoms with E-state index in [0.29, 0.717) is 13.0 Å². The smallest absolute Gasteiger partial charge is 0.242 e. The van der Waals surface area contributed by atoms with Gasteiger partial charge in [0, 0.05) is 44.9 Å². The molecule has 1 fully saturated rings. The van der Waals surface area contributed by atoms with Crippen LogP contribution >= 0.6 is 0 Å². The fourth-order valence-electron chi connectivity index (χ4n) is 3.26. The van der Waals surface area contributed by atoms with Crippen molar-refractivity contribution in [1.82, 2.24) is 24.4 Å². The van der Waals surface area contributed by atoms with Crippen molar-refractivity contribution < 1.29 is 9.90 Å². The molecule has 0 aromatic carbocycles. The number of imidazole rings is 1. The standard InChI is InChI=1S/C17H24N6O2/c1-14-19-7-9-22(14)11-16(24)21(2)12-17(25)4-3-8-23(13-17)15-10-18-5-6-20-15/h5-7,9-10,25H,3-4,8,11-13H2,1-2H3/t17-/m0/s1. The van der Waals surface area contributed by atoms with Crippen LogP contribution < -0.4 is 4.90 Å². The van der Waals surface area contributed by atoms with E-state index in [1.807, 2.05) is 11.8 Å². The lowest BCUT2D eigenvalue weighted by atomic mass is 9.92. The Kier molecular flexibility index (Phi) is 4.98. The highest BCUT2D eigenvalue weighted by atomic mass is 16.3. The zero-order valence-corrected chi connectivity index (χ0v) is 14.7. The molecular formula is C17H24N6O2. The van der Waals surface area contributed by atoms with Gasteiger partial charge in [-0.05, 0) is 19.8 Å². The summed E-state index contributed by atoms with van der Waals surface area (Å²) in [5, 5.41) is 11.0. The molecule has 8 heteroatoms. The van der Waals surface area contributed by atoms with E-state index in [2.05, 4.69) is 15.0 Å². The molecule has 3 heterocycles. The fourth-order valence-corrected chi connectivity index (χ4v) is 3.26. The van der Waals surface area contributed by atoms with Crippen LogP contribution in [0.15, 0.2) is 31.0 Å². The predicted octanol–water partition coefficient (Wildman–Crippen LogP) is 0.471. The zero-order chi connectivity index (χ0) is 17.9. The first kappa shape index (κ1) is 17.3. The van der Waals surface area contributed by atoms with Crippen LogP contribution in [0, 0.1) is 6.92 Å². The summed E-state index contributed by atoms with van der Waals surface area (Å²) >= 11 is 0. The Bertz CT molecular complexity index is 719. The highest BCUT2D eigenvalue weighted by Crippen LogP contribution is 2.25. The van der Waals surface area contributed by atoms with Gasteiger partial charge < -0.3 is 19.5 Å². The molecule has 2 aromatic heterocycles. The molecule has 8 nitrogen and oxygen atoms in total. The summed E-state index contributed by atoms with van der Waals surface area (Å²) in [6.07, 6.45) is 9.93. The van der Waals surface area contributed by atoms with Crippen molar-refractivity contribution in [3.63, 3.8) is 0 Å². The van der Waals surface area contributed by atoms with E-state index < -0.39 is 5.60 Å². The molecule has 2 aromatic rings. The van der Waals surface area contributed by atoms with E-state index in [9.17, 15) is 9.90 Å². The average Bonchev–Trinajstić information content (AvgIpc) is 3.00. The predicted molar refractivity (Wildman–Crippen MR) is 93.0 cm³/mol. The Morgan fingerprint density at radius 3 is 2.88 bits per heavy atom. The number of carbonyl (C=O) groups is 1. The van der Waals surface area contributed by atoms with Crippen molar-refractivity contribution in [2.45, 2.75) is 31.9 Å². The van der Waals surface area contributed by atoms with Crippen molar-refractivity contribution in [1.29, 1.82) is 0 Å². The molecule has 0 saturated carbocycles. The van der Waals surface area contributed by atoms with Gasteiger partial charge in [0.2, 0.25) is 5.91 Å². The minimum Gasteiger partial charge on any atom is -0.386 e. The summed E-state index contributed by atoms with van der Waals surface area (Å²) in [6.45, 7) is 3.64. The molecule has 0 aliphatic carbocycles. The SMILES string of the molecule is Cc1nccn1CC(=O)N(C)C[C@@]1(O)CCCN(c2cnccn2)C1. The second-order valence-corrected chi connectivity index (χ2v) is 6.67. The van der Waals surface area contributed by atoms with E-state index in [-0.39, 0.29) is 19.0 Å². The molecular weight excluding hydrogens is 320 g/mol. The minimum atomic E-state index is -0.954. The Morgan fingerprint density at radius 1 is 1.36 bits per heavy atom. The number of rotatable bonds is 5. The number of β-amino-alcohol motifs (C(OH)–C–C–N with tert-alkyl or cyclic N) is 1. The zero-order valence-electron chi connectivity index (χ0n) is 14.7. The first-order valence-electron chi connectivity index (χ1n) is 8.42. The van der Waals surface area contributed by atoms with Crippen LogP contribution in [-0.2, 0) is 11.3 Å². The summed E-state index contributed by atoms with van der Waals surface area (Å²) < 4.78 is 1.80. The van der Waals surface area contributed by atoms with Gasteiger partial charge in [-0.2, -0.15) is 0 Å². The normalized spacial score (nSPS) is 20.5. The Morgan fingerprint density at radius 2 is 2.20 bits per heavy atom. The third-order valence-electron chi connectivity index (χ3n) is 4.62. The van der Waals surface area contributed by atoms with Gasteiger partial charge in [-0.25, -0.2) is 9.97 Å². The second-order valence-electron chi connectivity index (χ2n) is 6.67. The second kappa shape index (κ2) is 7.18. The van der Waals surface area contributed by atoms with Gasteiger partial charge in [0.1, 0.15) is 18.2 Å². The maximum absolute atomic E-state index is 12.5. The lowest BCUT2D eigenvalue weighted by Gasteiger charge is -2.41. The number of aliphatic hydroxyl groups is 1. The summed E-state index contributed by atoms with van der Waals surface area (Å²) in [5.41, 5.74) is -0.954. The van der Waals surface area contributed by atoms with Crippen LogP contribution in [0.3, 0.4) is 0 Å². The minimum absolute atomic E-state index is 0.0499. The number of hydrogen-bond donors (Lipinski definition) is 1. The molecule has 3 rings (SSSR count). The molecule has 0 bridgehead atoms. The topological polar surface area (TPSA) is 87.4 Å². The fraction of sp³-hybridized carbons (Fsp3) is 0.529. The molecule has 0 spiro atoms. The molecule has 1 N–H and O–H groups in total. The number of aryl methyl sites for hydroxylation is 1. The van der Waals surface area contributed by atoms with Gasteiger partial charge in [0.05, 0.1) is 18.3 Å². The van der Waals surface area contributed by atoms with E-state index in [4.69, 9.17) is 0 Å². The monoisotopic (exact) mass is 344 g/mol. The lowest BCUT2D eigenvalue weighted by molar-refractivity contribution is -0.134. The summed E-state index contributed by atoms with van der Waals surface area (Å²) in [4.78, 5) is 28.6. The molecule has 134 valence electrons. The van der Waals surface area contributed by atoms with Crippen LogP contribution in [0.5, 0.6) is 0 Å². The van der Waals surface area contributed by atoms with Crippen LogP contribution in [0.4, 0.5) is 5.82 Å². The lowest BCUT2D eigenvalue weighted by Crippen LogP contribution is -2.55. The maximum Gasteiger partial charge on any atom is 0.242 e. The number of anilines is 1. The van der Waals surface area contributed by atoms with Gasteiger partial charge in [0.25, 0.3) is 0 Å². The number of hydrogen-bond acceptors (Lipinski definition) is 6. The van der Waals surface area contributed by atoms with Crippen LogP contribution in [0.2, 0.25) is 0 Å². The first-order chi connectivity index (χ1) is 12.0. The van der Waals surface area contributed by atoms with Crippen molar-refractivity contribution in [3.8, 4) is 0 Å². The molecule has 1 aliphatic rings. The number of amides is 1. The highest BCUT2D eigenvalue weighted by molar-refractivity contribution is 5.75. The van der Waals surface area contributed by atoms with Crippen LogP contribution in [0.25, 0.3) is 0 Å². The third-order valence-corrected chi connectivity index (χ3v) is 4.62. The largest absolute Gasteiger partial charge is 0.386 e. The van der Waals surface area contributed by atoms with Gasteiger partial charge >= 0.3 is 0 Å². The van der Waals surface area contributed by atoms with Crippen molar-refractivity contribution in [3.05, 3.63) is 36.8 Å². The molecule has 0 radical (unpaired) electrons. The van der Waals surface area contributed by atoms with E-state index >= 15 is 0 Å². The molecule has 25 heavy (non-hydrogen) atoms. The highest BCUT2D eigenvalue weighted by Gasteiger charge is 2.36. The van der Waals surface area contributed by atoms with Crippen LogP contribution in [-0.4, -0.2) is 67.7 Å². The Labute approximate surface area is 147 Å². The first-order valence-corrected chi connectivity index (χ1v) is 8.42. The Hall–Kier alpha value is -2.48. The van der Waals surface area contributed by atoms with E-state index in [1.54, 1.807) is 47.5 Å². The molecule has 1 saturated heterocycles. The maximum atomic E-state index is 12.5. The number of aromatic nitrogens is 4. The van der Waals surface area contributed by atoms with E-state index in [0.717, 1.165) is 24.6 Å². The van der Waals surface area contributed by atoms with Gasteiger partial charge in [-0.1, -0.05) is 0 Å². The van der Waals surface area contributed by atoms with Gasteiger partial charge in [0.15, 0.2) is 0 Å². The quantitative estimate of drug-likeness (QED) is 0.848. The average molecular weight is 344 g/mol. The third kappa shape index (κ3) is 4.14. The molecule has 0 unspecified atom stereocenters. The number of nitrogens with zero attached hydrogens (tertiary/aromatic N) is 6. The Balaban J connectivity index is 1.62. The summed E-state index contributed by atoms with van der Waals surface area (Å²) in [5.74, 6) is 1.50. The van der Waals surface area contributed by atoms with Gasteiger partial charge in [-0.15, -0.1) is 0 Å². The molecule has 1 amide bonds. The number of piperidine rings is 1. The number of likely N-dealkylation sites (N-methyl/N-ethyl adjacent to an activating group) is 1. The van der Waals surface area contributed by atoms with Crippen LogP contribution in [0.1, 0.15) is 18.7 Å². The molecule has 1 atom stereocenters. The molecule has 1 aliphatic heterocycles. The summed E-state index contributed by atoms with van der Waals surface area (Å²) in [7, 11) is 1.73. The van der Waals surface area contributed by atoms with Crippen molar-refractivity contribution in [2.75, 3.05) is 31.6 Å². The summed E-state index contributed by atoms with van der Waals surface area (Å²) in [6, 6.07) is 0. The van der Waals surface area contributed by atoms with Gasteiger partial charge in [-0.3, -0.25) is 9.78 Å². The van der Waals surface area contributed by atoms with Crippen molar-refractivity contribution in [2.24, 2.45) is 0 Å². The number of carbonyl (C=O) groups excluding carboxylic acids is 1. The van der Waals surface area contributed by atoms with E-state index in [1.165, 1.54) is 0 Å².